The molecule has 1 spiro atoms. The number of aryl methyl sites for hydroxylation is 1. The summed E-state index contributed by atoms with van der Waals surface area (Å²) in [7, 11) is 0. The Morgan fingerprint density at radius 2 is 2.35 bits per heavy atom. The first-order chi connectivity index (χ1) is 12.5. The first-order valence-corrected chi connectivity index (χ1v) is 10.3. The SMILES string of the molecule is CC/C=C\N(C[C@H]1CCC[C@@]2(CNC(=O)S2)C1)c1cc(C#N)ccc1C. The van der Waals surface area contributed by atoms with E-state index in [9.17, 15) is 10.1 Å². The smallest absolute Gasteiger partial charge is 0.279 e. The quantitative estimate of drug-likeness (QED) is 0.795. The van der Waals surface area contributed by atoms with Crippen molar-refractivity contribution in [3.63, 3.8) is 0 Å². The van der Waals surface area contributed by atoms with Gasteiger partial charge in [0.15, 0.2) is 0 Å². The van der Waals surface area contributed by atoms with Crippen LogP contribution in [-0.2, 0) is 0 Å². The fourth-order valence-corrected chi connectivity index (χ4v) is 5.34. The molecule has 1 amide bonds. The lowest BCUT2D eigenvalue weighted by Crippen LogP contribution is -2.39. The van der Waals surface area contributed by atoms with Gasteiger partial charge in [-0.05, 0) is 56.2 Å². The summed E-state index contributed by atoms with van der Waals surface area (Å²) < 4.78 is 0.0870. The molecule has 26 heavy (non-hydrogen) atoms. The minimum absolute atomic E-state index is 0.0870. The van der Waals surface area contributed by atoms with Crippen LogP contribution >= 0.6 is 11.8 Å². The third kappa shape index (κ3) is 4.24. The Bertz CT molecular complexity index is 739. The fourth-order valence-electron chi connectivity index (χ4n) is 4.09. The molecule has 138 valence electrons. The van der Waals surface area contributed by atoms with Crippen LogP contribution < -0.4 is 10.2 Å². The molecule has 1 heterocycles. The normalized spacial score (nSPS) is 25.4. The third-order valence-electron chi connectivity index (χ3n) is 5.39. The molecule has 5 heteroatoms. The summed E-state index contributed by atoms with van der Waals surface area (Å²) in [6, 6.07) is 8.15. The standard InChI is InChI=1S/C21H27N3OS/c1-3-4-10-24(19-11-17(13-22)8-7-16(19)2)14-18-6-5-9-21(12-18)15-23-20(25)26-21/h4,7-8,10-11,18H,3,5-6,9,12,14-15H2,1-2H3,(H,23,25)/b10-4-/t18-,21-/m0/s1. The molecule has 1 aromatic rings. The highest BCUT2D eigenvalue weighted by molar-refractivity contribution is 8.15. The largest absolute Gasteiger partial charge is 0.348 e. The lowest BCUT2D eigenvalue weighted by molar-refractivity contribution is 0.260. The van der Waals surface area contributed by atoms with E-state index < -0.39 is 0 Å². The fraction of sp³-hybridized carbons (Fsp3) is 0.524. The summed E-state index contributed by atoms with van der Waals surface area (Å²) in [6.07, 6.45) is 9.89. The topological polar surface area (TPSA) is 56.1 Å². The molecule has 2 fully saturated rings. The first-order valence-electron chi connectivity index (χ1n) is 9.46. The summed E-state index contributed by atoms with van der Waals surface area (Å²) in [4.78, 5) is 14.0. The molecule has 0 bridgehead atoms. The molecule has 1 aromatic carbocycles. The maximum atomic E-state index is 11.7. The maximum absolute atomic E-state index is 11.7. The summed E-state index contributed by atoms with van der Waals surface area (Å²) in [5, 5.41) is 12.4. The number of benzene rings is 1. The maximum Gasteiger partial charge on any atom is 0.279 e. The molecule has 1 aliphatic carbocycles. The molecule has 3 rings (SSSR count). The number of nitrogens with zero attached hydrogens (tertiary/aromatic N) is 2. The van der Waals surface area contributed by atoms with Gasteiger partial charge in [-0.25, -0.2) is 0 Å². The van der Waals surface area contributed by atoms with Gasteiger partial charge in [-0.15, -0.1) is 0 Å². The second kappa shape index (κ2) is 8.18. The van der Waals surface area contributed by atoms with Crippen LogP contribution in [0.4, 0.5) is 10.5 Å². The van der Waals surface area contributed by atoms with Gasteiger partial charge in [0.05, 0.1) is 11.6 Å². The highest BCUT2D eigenvalue weighted by Crippen LogP contribution is 2.45. The third-order valence-corrected chi connectivity index (χ3v) is 6.67. The predicted octanol–water partition coefficient (Wildman–Crippen LogP) is 4.98. The number of hydrogen-bond donors (Lipinski definition) is 1. The Morgan fingerprint density at radius 1 is 1.50 bits per heavy atom. The van der Waals surface area contributed by atoms with Crippen molar-refractivity contribution in [3.8, 4) is 6.07 Å². The number of nitriles is 1. The van der Waals surface area contributed by atoms with E-state index in [4.69, 9.17) is 0 Å². The van der Waals surface area contributed by atoms with Gasteiger partial charge in [0.1, 0.15) is 0 Å². The van der Waals surface area contributed by atoms with Crippen molar-refractivity contribution in [1.82, 2.24) is 5.32 Å². The van der Waals surface area contributed by atoms with E-state index in [1.165, 1.54) is 30.2 Å². The van der Waals surface area contributed by atoms with E-state index in [1.807, 2.05) is 18.2 Å². The van der Waals surface area contributed by atoms with E-state index in [0.717, 1.165) is 38.0 Å². The molecule has 0 radical (unpaired) electrons. The van der Waals surface area contributed by atoms with Crippen LogP contribution in [0.2, 0.25) is 0 Å². The number of rotatable bonds is 5. The molecule has 2 atom stereocenters. The number of carbonyl (C=O) groups excluding carboxylic acids is 1. The number of hydrogen-bond acceptors (Lipinski definition) is 4. The van der Waals surface area contributed by atoms with Crippen molar-refractivity contribution in [2.75, 3.05) is 18.0 Å². The zero-order chi connectivity index (χ0) is 18.6. The summed E-state index contributed by atoms with van der Waals surface area (Å²) in [6.45, 7) is 5.97. The van der Waals surface area contributed by atoms with Crippen LogP contribution in [0.5, 0.6) is 0 Å². The van der Waals surface area contributed by atoms with Gasteiger partial charge in [-0.1, -0.05) is 37.2 Å². The van der Waals surface area contributed by atoms with E-state index in [0.29, 0.717) is 11.5 Å². The highest BCUT2D eigenvalue weighted by Gasteiger charge is 2.43. The van der Waals surface area contributed by atoms with Gasteiger partial charge in [-0.3, -0.25) is 4.79 Å². The average Bonchev–Trinajstić information content (AvgIpc) is 2.99. The molecule has 0 aromatic heterocycles. The zero-order valence-electron chi connectivity index (χ0n) is 15.6. The van der Waals surface area contributed by atoms with E-state index in [1.54, 1.807) is 0 Å². The van der Waals surface area contributed by atoms with Crippen molar-refractivity contribution in [2.45, 2.75) is 50.7 Å². The minimum Gasteiger partial charge on any atom is -0.348 e. The monoisotopic (exact) mass is 369 g/mol. The van der Waals surface area contributed by atoms with Crippen LogP contribution in [-0.4, -0.2) is 23.1 Å². The second-order valence-electron chi connectivity index (χ2n) is 7.45. The van der Waals surface area contributed by atoms with Gasteiger partial charge >= 0.3 is 0 Å². The Morgan fingerprint density at radius 3 is 3.04 bits per heavy atom. The van der Waals surface area contributed by atoms with E-state index in [2.05, 4.69) is 42.4 Å². The van der Waals surface area contributed by atoms with E-state index >= 15 is 0 Å². The van der Waals surface area contributed by atoms with E-state index in [-0.39, 0.29) is 9.99 Å². The number of nitrogens with one attached hydrogen (secondary N) is 1. The Labute approximate surface area is 160 Å². The van der Waals surface area contributed by atoms with Crippen molar-refractivity contribution < 1.29 is 4.79 Å². The van der Waals surface area contributed by atoms with Gasteiger partial charge in [0.2, 0.25) is 0 Å². The van der Waals surface area contributed by atoms with Crippen molar-refractivity contribution in [3.05, 3.63) is 41.6 Å². The Balaban J connectivity index is 1.80. The molecule has 4 nitrogen and oxygen atoms in total. The van der Waals surface area contributed by atoms with Gasteiger partial charge in [-0.2, -0.15) is 5.26 Å². The molecule has 0 unspecified atom stereocenters. The molecule has 1 N–H and O–H groups in total. The number of allylic oxidation sites excluding steroid dienone is 1. The molecule has 1 aliphatic heterocycles. The Hall–Kier alpha value is -1.93. The van der Waals surface area contributed by atoms with Gasteiger partial charge in [0, 0.05) is 29.7 Å². The van der Waals surface area contributed by atoms with Crippen molar-refractivity contribution >= 4 is 22.7 Å². The van der Waals surface area contributed by atoms with Crippen LogP contribution in [0, 0.1) is 24.2 Å². The molecular weight excluding hydrogens is 342 g/mol. The average molecular weight is 370 g/mol. The highest BCUT2D eigenvalue weighted by atomic mass is 32.2. The van der Waals surface area contributed by atoms with Crippen molar-refractivity contribution in [2.24, 2.45) is 5.92 Å². The zero-order valence-corrected chi connectivity index (χ0v) is 16.4. The predicted molar refractivity (Wildman–Crippen MR) is 108 cm³/mol. The number of anilines is 1. The van der Waals surface area contributed by atoms with Gasteiger partial charge in [0.25, 0.3) is 5.24 Å². The second-order valence-corrected chi connectivity index (χ2v) is 8.89. The van der Waals surface area contributed by atoms with Crippen LogP contribution in [0.1, 0.15) is 50.2 Å². The van der Waals surface area contributed by atoms with Crippen LogP contribution in [0.15, 0.2) is 30.5 Å². The molecular formula is C21H27N3OS. The minimum atomic E-state index is 0.0870. The van der Waals surface area contributed by atoms with Crippen molar-refractivity contribution in [1.29, 1.82) is 5.26 Å². The van der Waals surface area contributed by atoms with Gasteiger partial charge < -0.3 is 10.2 Å². The molecule has 1 saturated heterocycles. The van der Waals surface area contributed by atoms with Crippen LogP contribution in [0.25, 0.3) is 0 Å². The lowest BCUT2D eigenvalue weighted by atomic mass is 9.80. The summed E-state index contributed by atoms with van der Waals surface area (Å²) >= 11 is 1.51. The summed E-state index contributed by atoms with van der Waals surface area (Å²) in [5.41, 5.74) is 2.99. The first kappa shape index (κ1) is 18.8. The van der Waals surface area contributed by atoms with Crippen LogP contribution in [0.3, 0.4) is 0 Å². The lowest BCUT2D eigenvalue weighted by Gasteiger charge is -2.38. The molecule has 2 aliphatic rings. The molecule has 1 saturated carbocycles. The number of carbonyl (C=O) groups is 1. The number of thioether (sulfide) groups is 1. The number of amides is 1. The Kier molecular flexibility index (Phi) is 5.93. The summed E-state index contributed by atoms with van der Waals surface area (Å²) in [5.74, 6) is 0.551.